The zero-order valence-electron chi connectivity index (χ0n) is 7.19. The van der Waals surface area contributed by atoms with Crippen LogP contribution in [0.5, 0.6) is 0 Å². The van der Waals surface area contributed by atoms with Crippen molar-refractivity contribution < 1.29 is 0 Å². The van der Waals surface area contributed by atoms with Crippen molar-refractivity contribution in [2.24, 2.45) is 0 Å². The Bertz CT molecular complexity index is 148. The van der Waals surface area contributed by atoms with E-state index in [0.29, 0.717) is 0 Å². The third kappa shape index (κ3) is 9.52. The molecule has 0 heterocycles. The van der Waals surface area contributed by atoms with Gasteiger partial charge in [0.2, 0.25) is 0 Å². The summed E-state index contributed by atoms with van der Waals surface area (Å²) >= 11 is 0. The van der Waals surface area contributed by atoms with Gasteiger partial charge in [0.25, 0.3) is 0 Å². The highest BCUT2D eigenvalue weighted by molar-refractivity contribution is 6.22. The van der Waals surface area contributed by atoms with Crippen molar-refractivity contribution in [3.05, 3.63) is 12.2 Å². The van der Waals surface area contributed by atoms with E-state index in [0.717, 1.165) is 0 Å². The maximum atomic E-state index is 3.07. The van der Waals surface area contributed by atoms with Crippen molar-refractivity contribution >= 4 is 10.2 Å². The van der Waals surface area contributed by atoms with Crippen molar-refractivity contribution in [3.8, 4) is 11.5 Å². The summed E-state index contributed by atoms with van der Waals surface area (Å²) in [5, 5.41) is 0. The second-order valence-electron chi connectivity index (χ2n) is 2.52. The molecule has 0 saturated carbocycles. The Morgan fingerprint density at radius 2 is 2.09 bits per heavy atom. The predicted octanol–water partition coefficient (Wildman–Crippen LogP) is 2.64. The topological polar surface area (TPSA) is 0 Å². The molecule has 0 saturated heterocycles. The van der Waals surface area contributed by atoms with Gasteiger partial charge in [0, 0.05) is 0 Å². The fraction of sp³-hybridized carbons (Fsp3) is 0.600. The summed E-state index contributed by atoms with van der Waals surface area (Å²) in [6, 6.07) is 0. The molecule has 3 radical (unpaired) electrons. The standard InChI is InChI=1S/C10H15Si/c1-2-3-4-5-6-7-8-9-10-11/h7-8H,2-6H2,1H3/b8-7+. The lowest BCUT2D eigenvalue weighted by Gasteiger charge is -1.92. The molecule has 0 fully saturated rings. The number of unbranched alkanes of at least 4 members (excludes halogenated alkanes) is 4. The van der Waals surface area contributed by atoms with Crippen molar-refractivity contribution in [3.63, 3.8) is 0 Å². The fourth-order valence-corrected chi connectivity index (χ4v) is 0.956. The summed E-state index contributed by atoms with van der Waals surface area (Å²) in [6.45, 7) is 2.23. The Kier molecular flexibility index (Phi) is 9.10. The van der Waals surface area contributed by atoms with Gasteiger partial charge in [0.05, 0.1) is 0 Å². The first kappa shape index (κ1) is 10.5. The second kappa shape index (κ2) is 9.52. The molecule has 0 amide bonds. The largest absolute Gasteiger partial charge is 0.147 e. The zero-order valence-corrected chi connectivity index (χ0v) is 8.19. The lowest BCUT2D eigenvalue weighted by atomic mass is 10.1. The summed E-state index contributed by atoms with van der Waals surface area (Å²) in [4.78, 5) is 0. The predicted molar refractivity (Wildman–Crippen MR) is 51.4 cm³/mol. The maximum Gasteiger partial charge on any atom is 0.147 e. The van der Waals surface area contributed by atoms with E-state index in [1.165, 1.54) is 32.1 Å². The lowest BCUT2D eigenvalue weighted by molar-refractivity contribution is 0.674. The molecule has 0 nitrogen and oxygen atoms in total. The van der Waals surface area contributed by atoms with E-state index in [2.05, 4.69) is 34.7 Å². The highest BCUT2D eigenvalue weighted by atomic mass is 28.1. The minimum absolute atomic E-state index is 1.17. The van der Waals surface area contributed by atoms with E-state index >= 15 is 0 Å². The van der Waals surface area contributed by atoms with Gasteiger partial charge in [-0.2, -0.15) is 0 Å². The van der Waals surface area contributed by atoms with Gasteiger partial charge in [-0.15, -0.1) is 5.54 Å². The van der Waals surface area contributed by atoms with Crippen LogP contribution in [0.4, 0.5) is 0 Å². The van der Waals surface area contributed by atoms with Gasteiger partial charge in [-0.3, -0.25) is 0 Å². The molecule has 0 spiro atoms. The van der Waals surface area contributed by atoms with Gasteiger partial charge in [0.1, 0.15) is 10.2 Å². The van der Waals surface area contributed by atoms with Crippen LogP contribution in [0.3, 0.4) is 0 Å². The molecular formula is C10H15Si. The molecule has 0 aliphatic carbocycles. The van der Waals surface area contributed by atoms with Gasteiger partial charge in [-0.1, -0.05) is 38.2 Å². The molecule has 0 rings (SSSR count). The SMILES string of the molecule is CCCCCC/C=C/C#C[Si]. The third-order valence-electron chi connectivity index (χ3n) is 1.50. The third-order valence-corrected chi connectivity index (χ3v) is 1.64. The minimum atomic E-state index is 1.17. The smallest absolute Gasteiger partial charge is 0.134 e. The molecule has 0 N–H and O–H groups in total. The van der Waals surface area contributed by atoms with Gasteiger partial charge in [-0.05, 0) is 18.9 Å². The molecule has 59 valence electrons. The van der Waals surface area contributed by atoms with E-state index in [1.807, 2.05) is 6.08 Å². The average molecular weight is 163 g/mol. The Morgan fingerprint density at radius 3 is 2.73 bits per heavy atom. The molecular weight excluding hydrogens is 148 g/mol. The van der Waals surface area contributed by atoms with Gasteiger partial charge >= 0.3 is 0 Å². The van der Waals surface area contributed by atoms with Crippen LogP contribution >= 0.6 is 0 Å². The molecule has 0 unspecified atom stereocenters. The summed E-state index contributed by atoms with van der Waals surface area (Å²) in [6.07, 6.45) is 10.5. The van der Waals surface area contributed by atoms with E-state index < -0.39 is 0 Å². The minimum Gasteiger partial charge on any atom is -0.134 e. The van der Waals surface area contributed by atoms with E-state index in [4.69, 9.17) is 0 Å². The summed E-state index contributed by atoms with van der Waals surface area (Å²) in [7, 11) is 3.07. The van der Waals surface area contributed by atoms with Crippen molar-refractivity contribution in [1.29, 1.82) is 0 Å². The molecule has 0 aromatic heterocycles. The summed E-state index contributed by atoms with van der Waals surface area (Å²) in [5.74, 6) is 2.82. The molecule has 0 aliphatic rings. The lowest BCUT2D eigenvalue weighted by Crippen LogP contribution is -1.72. The average Bonchev–Trinajstić information content (AvgIpc) is 2.03. The monoisotopic (exact) mass is 163 g/mol. The zero-order chi connectivity index (χ0) is 8.36. The first-order chi connectivity index (χ1) is 5.41. The quantitative estimate of drug-likeness (QED) is 0.332. The van der Waals surface area contributed by atoms with Gasteiger partial charge in [-0.25, -0.2) is 0 Å². The Hall–Kier alpha value is -0.483. The normalized spacial score (nSPS) is 9.64. The van der Waals surface area contributed by atoms with Crippen LogP contribution in [0.15, 0.2) is 12.2 Å². The fourth-order valence-electron chi connectivity index (χ4n) is 0.873. The van der Waals surface area contributed by atoms with Crippen molar-refractivity contribution in [2.75, 3.05) is 0 Å². The number of hydrogen-bond acceptors (Lipinski definition) is 0. The summed E-state index contributed by atoms with van der Waals surface area (Å²) in [5.41, 5.74) is 2.64. The number of allylic oxidation sites excluding steroid dienone is 2. The van der Waals surface area contributed by atoms with Crippen LogP contribution in [0.2, 0.25) is 0 Å². The molecule has 0 aromatic carbocycles. The molecule has 11 heavy (non-hydrogen) atoms. The first-order valence-electron chi connectivity index (χ1n) is 4.24. The number of hydrogen-bond donors (Lipinski definition) is 0. The van der Waals surface area contributed by atoms with Crippen LogP contribution in [0, 0.1) is 11.5 Å². The Morgan fingerprint density at radius 1 is 1.27 bits per heavy atom. The van der Waals surface area contributed by atoms with Gasteiger partial charge < -0.3 is 0 Å². The van der Waals surface area contributed by atoms with Crippen molar-refractivity contribution in [1.82, 2.24) is 0 Å². The van der Waals surface area contributed by atoms with E-state index in [1.54, 1.807) is 0 Å². The number of rotatable bonds is 5. The highest BCUT2D eigenvalue weighted by Gasteiger charge is 1.82. The first-order valence-corrected chi connectivity index (χ1v) is 4.74. The Labute approximate surface area is 73.5 Å². The van der Waals surface area contributed by atoms with Crippen LogP contribution in [-0.2, 0) is 0 Å². The molecule has 0 aliphatic heterocycles. The molecule has 0 aromatic rings. The Balaban J connectivity index is 3.05. The maximum absolute atomic E-state index is 3.07. The summed E-state index contributed by atoms with van der Waals surface area (Å²) < 4.78 is 0. The molecule has 0 bridgehead atoms. The van der Waals surface area contributed by atoms with Crippen LogP contribution in [0.25, 0.3) is 0 Å². The van der Waals surface area contributed by atoms with Crippen molar-refractivity contribution in [2.45, 2.75) is 39.0 Å². The second-order valence-corrected chi connectivity index (χ2v) is 2.77. The van der Waals surface area contributed by atoms with E-state index in [-0.39, 0.29) is 0 Å². The van der Waals surface area contributed by atoms with E-state index in [9.17, 15) is 0 Å². The van der Waals surface area contributed by atoms with Gasteiger partial charge in [0.15, 0.2) is 0 Å². The highest BCUT2D eigenvalue weighted by Crippen LogP contribution is 2.02. The van der Waals surface area contributed by atoms with Crippen LogP contribution < -0.4 is 0 Å². The molecule has 1 heteroatoms. The van der Waals surface area contributed by atoms with Crippen LogP contribution in [-0.4, -0.2) is 10.2 Å². The van der Waals surface area contributed by atoms with Crippen LogP contribution in [0.1, 0.15) is 39.0 Å². The molecule has 0 atom stereocenters.